The predicted molar refractivity (Wildman–Crippen MR) is 121 cm³/mol. The van der Waals surface area contributed by atoms with Gasteiger partial charge in [0.05, 0.1) is 5.92 Å². The van der Waals surface area contributed by atoms with Crippen molar-refractivity contribution in [2.75, 3.05) is 5.32 Å². The maximum absolute atomic E-state index is 13.8. The van der Waals surface area contributed by atoms with Crippen molar-refractivity contribution in [1.29, 1.82) is 0 Å². The van der Waals surface area contributed by atoms with Crippen LogP contribution >= 0.6 is 0 Å². The van der Waals surface area contributed by atoms with Crippen LogP contribution in [0.4, 0.5) is 23.2 Å². The number of carbonyl (C=O) groups excluding carboxylic acids is 1. The summed E-state index contributed by atoms with van der Waals surface area (Å²) in [6.45, 7) is 0. The van der Waals surface area contributed by atoms with Gasteiger partial charge in [-0.2, -0.15) is 13.2 Å². The molecule has 7 heteroatoms. The lowest BCUT2D eigenvalue weighted by Crippen LogP contribution is -2.22. The number of hydrogen-bond acceptors (Lipinski definition) is 2. The van der Waals surface area contributed by atoms with Crippen LogP contribution in [-0.2, 0) is 11.0 Å². The van der Waals surface area contributed by atoms with Gasteiger partial charge in [0.15, 0.2) is 0 Å². The van der Waals surface area contributed by atoms with E-state index in [2.05, 4.69) is 5.32 Å². The minimum absolute atomic E-state index is 0.0272. The van der Waals surface area contributed by atoms with Gasteiger partial charge in [0.25, 0.3) is 0 Å². The Balaban J connectivity index is 1.64. The van der Waals surface area contributed by atoms with E-state index in [4.69, 9.17) is 4.74 Å². The van der Waals surface area contributed by atoms with Crippen LogP contribution < -0.4 is 10.1 Å². The molecular weight excluding hydrogens is 446 g/mol. The summed E-state index contributed by atoms with van der Waals surface area (Å²) >= 11 is 0. The monoisotopic (exact) mass is 465 g/mol. The van der Waals surface area contributed by atoms with Crippen LogP contribution in [0.15, 0.2) is 103 Å². The third kappa shape index (κ3) is 5.43. The largest absolute Gasteiger partial charge is 0.457 e. The fourth-order valence-electron chi connectivity index (χ4n) is 3.55. The van der Waals surface area contributed by atoms with Gasteiger partial charge in [-0.3, -0.25) is 4.79 Å². The average molecular weight is 465 g/mol. The molecule has 4 aromatic carbocycles. The van der Waals surface area contributed by atoms with E-state index in [9.17, 15) is 22.4 Å². The Morgan fingerprint density at radius 1 is 0.765 bits per heavy atom. The second-order valence-electron chi connectivity index (χ2n) is 7.51. The summed E-state index contributed by atoms with van der Waals surface area (Å²) in [6, 6.07) is 25.9. The summed E-state index contributed by atoms with van der Waals surface area (Å²) in [5.74, 6) is -2.13. The van der Waals surface area contributed by atoms with Crippen LogP contribution in [0.3, 0.4) is 0 Å². The number of alkyl halides is 3. The average Bonchev–Trinajstić information content (AvgIpc) is 2.82. The van der Waals surface area contributed by atoms with E-state index < -0.39 is 35.1 Å². The van der Waals surface area contributed by atoms with Crippen molar-refractivity contribution >= 4 is 11.6 Å². The zero-order chi connectivity index (χ0) is 24.1. The molecule has 0 bridgehead atoms. The minimum Gasteiger partial charge on any atom is -0.457 e. The quantitative estimate of drug-likeness (QED) is 0.301. The molecule has 4 aromatic rings. The van der Waals surface area contributed by atoms with Crippen molar-refractivity contribution in [2.24, 2.45) is 0 Å². The molecule has 0 atom stereocenters. The molecule has 0 spiro atoms. The first-order valence-corrected chi connectivity index (χ1v) is 10.4. The minimum atomic E-state index is -4.74. The van der Waals surface area contributed by atoms with Crippen molar-refractivity contribution in [3.8, 4) is 11.5 Å². The Hall–Kier alpha value is -4.13. The molecule has 4 rings (SSSR count). The molecule has 0 aliphatic rings. The zero-order valence-corrected chi connectivity index (χ0v) is 17.7. The van der Waals surface area contributed by atoms with E-state index in [1.54, 1.807) is 48.5 Å². The number of amides is 1. The number of rotatable bonds is 6. The SMILES string of the molecule is O=C(Nc1ccc(Oc2ccc(F)cc2)c(C(F)(F)F)c1)C(c1ccccc1)c1ccccc1. The molecule has 0 fully saturated rings. The van der Waals surface area contributed by atoms with Crippen molar-refractivity contribution in [2.45, 2.75) is 12.1 Å². The first kappa shape index (κ1) is 23.0. The lowest BCUT2D eigenvalue weighted by Gasteiger charge is -2.19. The number of hydrogen-bond donors (Lipinski definition) is 1. The molecule has 0 aliphatic heterocycles. The molecule has 0 heterocycles. The first-order chi connectivity index (χ1) is 16.3. The highest BCUT2D eigenvalue weighted by Gasteiger charge is 2.35. The van der Waals surface area contributed by atoms with Gasteiger partial charge in [0.2, 0.25) is 5.91 Å². The number of carbonyl (C=O) groups is 1. The first-order valence-electron chi connectivity index (χ1n) is 10.4. The number of ether oxygens (including phenoxy) is 1. The molecule has 34 heavy (non-hydrogen) atoms. The van der Waals surface area contributed by atoms with Crippen LogP contribution in [0, 0.1) is 5.82 Å². The van der Waals surface area contributed by atoms with Gasteiger partial charge >= 0.3 is 6.18 Å². The normalized spacial score (nSPS) is 11.3. The molecule has 0 saturated carbocycles. The smallest absolute Gasteiger partial charge is 0.420 e. The Labute approximate surface area is 193 Å². The van der Waals surface area contributed by atoms with E-state index in [0.717, 1.165) is 24.3 Å². The Morgan fingerprint density at radius 3 is 1.85 bits per heavy atom. The molecule has 3 nitrogen and oxygen atoms in total. The van der Waals surface area contributed by atoms with E-state index in [1.165, 1.54) is 18.2 Å². The van der Waals surface area contributed by atoms with Crippen molar-refractivity contribution < 1.29 is 27.1 Å². The highest BCUT2D eigenvalue weighted by atomic mass is 19.4. The summed E-state index contributed by atoms with van der Waals surface area (Å²) in [7, 11) is 0. The van der Waals surface area contributed by atoms with Gasteiger partial charge in [0.1, 0.15) is 22.9 Å². The number of halogens is 4. The molecule has 1 amide bonds. The Morgan fingerprint density at radius 2 is 1.32 bits per heavy atom. The van der Waals surface area contributed by atoms with E-state index >= 15 is 0 Å². The standard InChI is InChI=1S/C27H19F4NO2/c28-20-11-14-22(15-12-20)34-24-16-13-21(17-23(24)27(29,30)31)32-26(33)25(18-7-3-1-4-8-18)19-9-5-2-6-10-19/h1-17,25H,(H,32,33). The topological polar surface area (TPSA) is 38.3 Å². The lowest BCUT2D eigenvalue weighted by molar-refractivity contribution is -0.138. The van der Waals surface area contributed by atoms with Crippen molar-refractivity contribution in [3.63, 3.8) is 0 Å². The predicted octanol–water partition coefficient (Wildman–Crippen LogP) is 7.41. The molecule has 1 N–H and O–H groups in total. The van der Waals surface area contributed by atoms with Crippen LogP contribution in [0.25, 0.3) is 0 Å². The van der Waals surface area contributed by atoms with Gasteiger partial charge < -0.3 is 10.1 Å². The van der Waals surface area contributed by atoms with Gasteiger partial charge in [0, 0.05) is 5.69 Å². The number of nitrogens with one attached hydrogen (secondary N) is 1. The fraction of sp³-hybridized carbons (Fsp3) is 0.0741. The molecule has 0 radical (unpaired) electrons. The Kier molecular flexibility index (Phi) is 6.63. The van der Waals surface area contributed by atoms with Crippen molar-refractivity contribution in [3.05, 3.63) is 126 Å². The fourth-order valence-corrected chi connectivity index (χ4v) is 3.55. The summed E-state index contributed by atoms with van der Waals surface area (Å²) in [5.41, 5.74) is 0.322. The van der Waals surface area contributed by atoms with Crippen LogP contribution in [0.1, 0.15) is 22.6 Å². The highest BCUT2D eigenvalue weighted by molar-refractivity contribution is 5.98. The summed E-state index contributed by atoms with van der Waals surface area (Å²) < 4.78 is 59.7. The van der Waals surface area contributed by atoms with Gasteiger partial charge in [-0.15, -0.1) is 0 Å². The van der Waals surface area contributed by atoms with Gasteiger partial charge in [-0.1, -0.05) is 60.7 Å². The maximum Gasteiger partial charge on any atom is 0.420 e. The molecule has 0 saturated heterocycles. The molecule has 0 aliphatic carbocycles. The van der Waals surface area contributed by atoms with Crippen LogP contribution in [-0.4, -0.2) is 5.91 Å². The second-order valence-corrected chi connectivity index (χ2v) is 7.51. The maximum atomic E-state index is 13.8. The van der Waals surface area contributed by atoms with Crippen LogP contribution in [0.2, 0.25) is 0 Å². The van der Waals surface area contributed by atoms with Crippen molar-refractivity contribution in [1.82, 2.24) is 0 Å². The van der Waals surface area contributed by atoms with E-state index in [1.807, 2.05) is 12.1 Å². The summed E-state index contributed by atoms with van der Waals surface area (Å²) in [4.78, 5) is 13.2. The third-order valence-electron chi connectivity index (χ3n) is 5.12. The Bertz CT molecular complexity index is 1220. The number of benzene rings is 4. The molecular formula is C27H19F4NO2. The van der Waals surface area contributed by atoms with Gasteiger partial charge in [-0.25, -0.2) is 4.39 Å². The molecule has 0 aromatic heterocycles. The zero-order valence-electron chi connectivity index (χ0n) is 17.7. The van der Waals surface area contributed by atoms with E-state index in [-0.39, 0.29) is 11.4 Å². The third-order valence-corrected chi connectivity index (χ3v) is 5.12. The summed E-state index contributed by atoms with van der Waals surface area (Å²) in [6.07, 6.45) is -4.74. The van der Waals surface area contributed by atoms with E-state index in [0.29, 0.717) is 11.1 Å². The van der Waals surface area contributed by atoms with Crippen LogP contribution in [0.5, 0.6) is 11.5 Å². The molecule has 0 unspecified atom stereocenters. The highest BCUT2D eigenvalue weighted by Crippen LogP contribution is 2.40. The van der Waals surface area contributed by atoms with Gasteiger partial charge in [-0.05, 0) is 53.6 Å². The second kappa shape index (κ2) is 9.79. The lowest BCUT2D eigenvalue weighted by atomic mass is 9.90. The molecule has 172 valence electrons. The number of anilines is 1. The summed E-state index contributed by atoms with van der Waals surface area (Å²) in [5, 5.41) is 2.61.